The quantitative estimate of drug-likeness (QED) is 0.419. The maximum atomic E-state index is 10.6. The van der Waals surface area contributed by atoms with Crippen LogP contribution in [0.5, 0.6) is 0 Å². The highest BCUT2D eigenvalue weighted by molar-refractivity contribution is 7.79. The van der Waals surface area contributed by atoms with Crippen molar-refractivity contribution in [2.24, 2.45) is 11.5 Å². The van der Waals surface area contributed by atoms with Crippen molar-refractivity contribution in [1.29, 1.82) is 0 Å². The zero-order valence-electron chi connectivity index (χ0n) is 13.9. The number of halogens is 2. The molecule has 0 radical (unpaired) electrons. The first-order chi connectivity index (χ1) is 12.5. The highest BCUT2D eigenvalue weighted by Crippen LogP contribution is 2.06. The van der Waals surface area contributed by atoms with Crippen molar-refractivity contribution in [1.82, 2.24) is 0 Å². The molecule has 0 saturated heterocycles. The molecule has 11 heteroatoms. The first-order valence-corrected chi connectivity index (χ1v) is 9.30. The second-order valence-corrected chi connectivity index (χ2v) is 6.38. The fraction of sp³-hybridized carbons (Fsp3) is 0.125. The third-order valence-corrected chi connectivity index (χ3v) is 3.27. The van der Waals surface area contributed by atoms with E-state index in [0.717, 1.165) is 11.1 Å². The van der Waals surface area contributed by atoms with Gasteiger partial charge in [0.25, 0.3) is 10.5 Å². The summed E-state index contributed by atoms with van der Waals surface area (Å²) in [4.78, 5) is 21.2. The Kier molecular flexibility index (Phi) is 11.7. The molecule has 0 saturated carbocycles. The van der Waals surface area contributed by atoms with E-state index in [-0.39, 0.29) is 0 Å². The van der Waals surface area contributed by atoms with Gasteiger partial charge in [0.15, 0.2) is 0 Å². The molecule has 0 heterocycles. The summed E-state index contributed by atoms with van der Waals surface area (Å²) in [6.07, 6.45) is 0. The Bertz CT molecular complexity index is 775. The van der Waals surface area contributed by atoms with Gasteiger partial charge in [0.05, 0.1) is 0 Å². The Morgan fingerprint density at radius 3 is 1.11 bits per heavy atom. The van der Waals surface area contributed by atoms with Gasteiger partial charge in [-0.25, -0.2) is 0 Å². The molecule has 0 aromatic heterocycles. The maximum absolute atomic E-state index is 10.6. The summed E-state index contributed by atoms with van der Waals surface area (Å²) in [6, 6.07) is 13.8. The van der Waals surface area contributed by atoms with Crippen LogP contribution in [0.2, 0.25) is 0 Å². The molecular formula is C16H18Cl2N2O6S. The average molecular weight is 437 g/mol. The number of benzene rings is 2. The fourth-order valence-corrected chi connectivity index (χ4v) is 1.80. The van der Waals surface area contributed by atoms with Crippen LogP contribution >= 0.6 is 23.2 Å². The predicted octanol–water partition coefficient (Wildman–Crippen LogP) is 2.40. The minimum Gasteiger partial charge on any atom is -0.326 e. The molecule has 0 aliphatic carbocycles. The smallest absolute Gasteiger partial charge is 0.326 e. The molecule has 6 N–H and O–H groups in total. The van der Waals surface area contributed by atoms with E-state index in [1.54, 1.807) is 48.5 Å². The molecule has 0 aliphatic rings. The lowest BCUT2D eigenvalue weighted by atomic mass is 10.1. The summed E-state index contributed by atoms with van der Waals surface area (Å²) < 4.78 is 31.6. The van der Waals surface area contributed by atoms with E-state index in [9.17, 15) is 9.59 Å². The van der Waals surface area contributed by atoms with Crippen molar-refractivity contribution in [3.8, 4) is 0 Å². The van der Waals surface area contributed by atoms with Gasteiger partial charge in [-0.1, -0.05) is 24.3 Å². The van der Waals surface area contributed by atoms with Gasteiger partial charge in [-0.3, -0.25) is 18.7 Å². The Balaban J connectivity index is 0.000000405. The monoisotopic (exact) mass is 436 g/mol. The van der Waals surface area contributed by atoms with Gasteiger partial charge in [-0.15, -0.1) is 0 Å². The molecule has 0 spiro atoms. The first kappa shape index (κ1) is 25.1. The normalized spacial score (nSPS) is 10.0. The summed E-state index contributed by atoms with van der Waals surface area (Å²) in [5.74, 6) is 0. The predicted molar refractivity (Wildman–Crippen MR) is 103 cm³/mol. The van der Waals surface area contributed by atoms with Crippen molar-refractivity contribution in [3.63, 3.8) is 0 Å². The highest BCUT2D eigenvalue weighted by Gasteiger charge is 1.99. The lowest BCUT2D eigenvalue weighted by Crippen LogP contribution is -1.96. The fourth-order valence-electron chi connectivity index (χ4n) is 1.54. The van der Waals surface area contributed by atoms with Gasteiger partial charge >= 0.3 is 10.4 Å². The molecule has 0 aliphatic heterocycles. The van der Waals surface area contributed by atoms with Gasteiger partial charge in [-0.2, -0.15) is 8.42 Å². The zero-order chi connectivity index (χ0) is 21.0. The first-order valence-electron chi connectivity index (χ1n) is 7.15. The molecule has 27 heavy (non-hydrogen) atoms. The van der Waals surface area contributed by atoms with Crippen LogP contribution < -0.4 is 11.5 Å². The number of carbonyl (C=O) groups is 2. The van der Waals surface area contributed by atoms with Gasteiger partial charge < -0.3 is 11.5 Å². The number of carbonyl (C=O) groups excluding carboxylic acids is 2. The summed E-state index contributed by atoms with van der Waals surface area (Å²) in [7, 11) is -4.67. The molecule has 2 rings (SSSR count). The third kappa shape index (κ3) is 13.0. The van der Waals surface area contributed by atoms with Crippen LogP contribution in [0.1, 0.15) is 31.8 Å². The van der Waals surface area contributed by atoms with Gasteiger partial charge in [0.2, 0.25) is 0 Å². The van der Waals surface area contributed by atoms with E-state index in [4.69, 9.17) is 52.2 Å². The van der Waals surface area contributed by atoms with E-state index in [1.807, 2.05) is 0 Å². The summed E-state index contributed by atoms with van der Waals surface area (Å²) in [6.45, 7) is 0.966. The number of hydrogen-bond donors (Lipinski definition) is 4. The lowest BCUT2D eigenvalue weighted by Gasteiger charge is -1.96. The van der Waals surface area contributed by atoms with Crippen molar-refractivity contribution < 1.29 is 27.1 Å². The van der Waals surface area contributed by atoms with E-state index >= 15 is 0 Å². The Morgan fingerprint density at radius 1 is 0.741 bits per heavy atom. The Hall–Kier alpha value is -1.85. The molecule has 8 nitrogen and oxygen atoms in total. The van der Waals surface area contributed by atoms with Crippen LogP contribution in [-0.4, -0.2) is 28.0 Å². The van der Waals surface area contributed by atoms with Crippen molar-refractivity contribution >= 4 is 44.1 Å². The number of nitrogens with two attached hydrogens (primary N) is 2. The number of hydrogen-bond acceptors (Lipinski definition) is 6. The lowest BCUT2D eigenvalue weighted by molar-refractivity contribution is 0.107. The average Bonchev–Trinajstić information content (AvgIpc) is 2.61. The molecule has 0 fully saturated rings. The minimum atomic E-state index is -4.67. The van der Waals surface area contributed by atoms with Gasteiger partial charge in [0, 0.05) is 24.2 Å². The summed E-state index contributed by atoms with van der Waals surface area (Å²) >= 11 is 10.5. The Morgan fingerprint density at radius 2 is 0.963 bits per heavy atom. The van der Waals surface area contributed by atoms with E-state index in [1.165, 1.54) is 0 Å². The van der Waals surface area contributed by atoms with E-state index in [2.05, 4.69) is 0 Å². The molecule has 0 bridgehead atoms. The van der Waals surface area contributed by atoms with Gasteiger partial charge in [-0.05, 0) is 58.6 Å². The molecule has 0 unspecified atom stereocenters. The maximum Gasteiger partial charge on any atom is 0.394 e. The van der Waals surface area contributed by atoms with Crippen LogP contribution in [0.3, 0.4) is 0 Å². The molecule has 148 valence electrons. The second kappa shape index (κ2) is 12.5. The van der Waals surface area contributed by atoms with Crippen LogP contribution in [-0.2, 0) is 23.5 Å². The zero-order valence-corrected chi connectivity index (χ0v) is 16.2. The SMILES string of the molecule is NCc1ccc(C(=O)Cl)cc1.NCc1ccc(C(=O)Cl)cc1.O=S(=O)(O)O. The van der Waals surface area contributed by atoms with Crippen LogP contribution in [0, 0.1) is 0 Å². The highest BCUT2D eigenvalue weighted by atomic mass is 35.5. The van der Waals surface area contributed by atoms with Crippen LogP contribution in [0.25, 0.3) is 0 Å². The molecule has 2 aromatic rings. The number of rotatable bonds is 4. The molecule has 0 amide bonds. The van der Waals surface area contributed by atoms with Crippen LogP contribution in [0.4, 0.5) is 0 Å². The summed E-state index contributed by atoms with van der Waals surface area (Å²) in [5.41, 5.74) is 13.7. The molecule has 2 aromatic carbocycles. The third-order valence-electron chi connectivity index (χ3n) is 2.83. The largest absolute Gasteiger partial charge is 0.394 e. The standard InChI is InChI=1S/2C8H8ClNO.H2O4S/c2*9-8(11)7-3-1-6(5-10)2-4-7;1-5(2,3)4/h2*1-4H,5,10H2;(H2,1,2,3,4). The van der Waals surface area contributed by atoms with Crippen LogP contribution in [0.15, 0.2) is 48.5 Å². The summed E-state index contributed by atoms with van der Waals surface area (Å²) in [5, 5.41) is -0.873. The van der Waals surface area contributed by atoms with E-state index in [0.29, 0.717) is 24.2 Å². The minimum absolute atomic E-state index is 0.437. The Labute approximate surface area is 166 Å². The molecule has 0 atom stereocenters. The van der Waals surface area contributed by atoms with Crippen molar-refractivity contribution in [3.05, 3.63) is 70.8 Å². The van der Waals surface area contributed by atoms with Gasteiger partial charge in [0.1, 0.15) is 0 Å². The topological polar surface area (TPSA) is 161 Å². The second-order valence-electron chi connectivity index (χ2n) is 4.80. The molecular weight excluding hydrogens is 419 g/mol. The van der Waals surface area contributed by atoms with Crippen molar-refractivity contribution in [2.75, 3.05) is 0 Å². The van der Waals surface area contributed by atoms with E-state index < -0.39 is 20.9 Å². The van der Waals surface area contributed by atoms with Crippen molar-refractivity contribution in [2.45, 2.75) is 13.1 Å².